The van der Waals surface area contributed by atoms with Crippen LogP contribution in [-0.4, -0.2) is 5.78 Å². The standard InChI is InChI=1S/C13H5Br3F2O/c14-6-1-2-7(9(16)5-6)13(19)11-10(17)4-3-8(15)12(11)18/h1-5H. The summed E-state index contributed by atoms with van der Waals surface area (Å²) in [6, 6.07) is 7.04. The van der Waals surface area contributed by atoms with Crippen molar-refractivity contribution in [1.29, 1.82) is 0 Å². The fraction of sp³-hybridized carbons (Fsp3) is 0. The van der Waals surface area contributed by atoms with Crippen molar-refractivity contribution in [2.45, 2.75) is 0 Å². The molecule has 0 spiro atoms. The number of rotatable bonds is 2. The number of ketones is 1. The molecule has 0 aliphatic carbocycles. The van der Waals surface area contributed by atoms with Crippen LogP contribution in [-0.2, 0) is 0 Å². The van der Waals surface area contributed by atoms with Gasteiger partial charge in [-0.25, -0.2) is 8.78 Å². The van der Waals surface area contributed by atoms with Gasteiger partial charge in [0.2, 0.25) is 0 Å². The smallest absolute Gasteiger partial charge is 0.200 e. The first-order chi connectivity index (χ1) is 8.91. The molecule has 2 aromatic carbocycles. The molecule has 0 heterocycles. The maximum absolute atomic E-state index is 13.9. The van der Waals surface area contributed by atoms with Crippen molar-refractivity contribution in [3.63, 3.8) is 0 Å². The van der Waals surface area contributed by atoms with Gasteiger partial charge in [-0.05, 0) is 62.2 Å². The monoisotopic (exact) mass is 452 g/mol. The van der Waals surface area contributed by atoms with Crippen LogP contribution in [0.5, 0.6) is 0 Å². The molecular formula is C13H5Br3F2O. The minimum atomic E-state index is -0.903. The Labute approximate surface area is 133 Å². The van der Waals surface area contributed by atoms with Crippen molar-refractivity contribution in [3.8, 4) is 0 Å². The van der Waals surface area contributed by atoms with Crippen molar-refractivity contribution in [1.82, 2.24) is 0 Å². The van der Waals surface area contributed by atoms with Crippen LogP contribution in [0.25, 0.3) is 0 Å². The van der Waals surface area contributed by atoms with Crippen molar-refractivity contribution < 1.29 is 13.6 Å². The van der Waals surface area contributed by atoms with E-state index in [0.717, 1.165) is 10.5 Å². The van der Waals surface area contributed by atoms with E-state index in [-0.39, 0.29) is 10.0 Å². The molecule has 0 aliphatic rings. The van der Waals surface area contributed by atoms with Crippen molar-refractivity contribution in [3.05, 3.63) is 66.5 Å². The van der Waals surface area contributed by atoms with Crippen molar-refractivity contribution in [2.24, 2.45) is 0 Å². The molecule has 0 unspecified atom stereocenters. The van der Waals surface area contributed by atoms with E-state index in [1.807, 2.05) is 0 Å². The second-order valence-electron chi connectivity index (χ2n) is 3.67. The largest absolute Gasteiger partial charge is 0.288 e. The molecule has 0 radical (unpaired) electrons. The zero-order valence-electron chi connectivity index (χ0n) is 9.18. The Kier molecular flexibility index (Phi) is 4.53. The fourth-order valence-corrected chi connectivity index (χ4v) is 3.10. The van der Waals surface area contributed by atoms with Crippen LogP contribution < -0.4 is 0 Å². The highest BCUT2D eigenvalue weighted by molar-refractivity contribution is 9.11. The first-order valence-electron chi connectivity index (χ1n) is 5.05. The van der Waals surface area contributed by atoms with E-state index in [2.05, 4.69) is 47.8 Å². The molecule has 0 bridgehead atoms. The molecule has 2 rings (SSSR count). The second kappa shape index (κ2) is 5.81. The van der Waals surface area contributed by atoms with Gasteiger partial charge in [0.1, 0.15) is 5.82 Å². The second-order valence-corrected chi connectivity index (χ2v) is 6.30. The Morgan fingerprint density at radius 1 is 0.947 bits per heavy atom. The molecule has 0 saturated carbocycles. The summed E-state index contributed by atoms with van der Waals surface area (Å²) >= 11 is 9.39. The lowest BCUT2D eigenvalue weighted by Gasteiger charge is -2.07. The summed E-state index contributed by atoms with van der Waals surface area (Å²) in [7, 11) is 0. The lowest BCUT2D eigenvalue weighted by Crippen LogP contribution is -2.08. The Morgan fingerprint density at radius 2 is 1.63 bits per heavy atom. The molecule has 98 valence electrons. The molecule has 0 aromatic heterocycles. The lowest BCUT2D eigenvalue weighted by atomic mass is 10.0. The first kappa shape index (κ1) is 14.8. The highest BCUT2D eigenvalue weighted by atomic mass is 79.9. The van der Waals surface area contributed by atoms with Gasteiger partial charge in [0.15, 0.2) is 11.6 Å². The molecule has 2 aromatic rings. The van der Waals surface area contributed by atoms with Crippen molar-refractivity contribution >= 4 is 53.6 Å². The van der Waals surface area contributed by atoms with E-state index in [9.17, 15) is 13.6 Å². The van der Waals surface area contributed by atoms with E-state index >= 15 is 0 Å². The number of halogens is 5. The highest BCUT2D eigenvalue weighted by Gasteiger charge is 2.22. The van der Waals surface area contributed by atoms with Gasteiger partial charge in [-0.1, -0.05) is 15.9 Å². The lowest BCUT2D eigenvalue weighted by molar-refractivity contribution is 0.103. The maximum atomic E-state index is 13.9. The number of benzene rings is 2. The van der Waals surface area contributed by atoms with E-state index in [0.29, 0.717) is 4.47 Å². The third-order valence-corrected chi connectivity index (χ3v) is 4.21. The quantitative estimate of drug-likeness (QED) is 0.433. The van der Waals surface area contributed by atoms with Crippen molar-refractivity contribution in [2.75, 3.05) is 0 Å². The van der Waals surface area contributed by atoms with E-state index < -0.39 is 23.0 Å². The van der Waals surface area contributed by atoms with E-state index in [4.69, 9.17) is 0 Å². The Morgan fingerprint density at radius 3 is 2.26 bits per heavy atom. The average molecular weight is 455 g/mol. The average Bonchev–Trinajstić information content (AvgIpc) is 2.34. The van der Waals surface area contributed by atoms with Gasteiger partial charge < -0.3 is 0 Å². The van der Waals surface area contributed by atoms with Gasteiger partial charge in [-0.3, -0.25) is 4.79 Å². The number of carbonyl (C=O) groups is 1. The van der Waals surface area contributed by atoms with Crippen LogP contribution in [0.4, 0.5) is 8.78 Å². The Hall–Kier alpha value is -0.590. The van der Waals surface area contributed by atoms with Gasteiger partial charge in [0, 0.05) is 14.5 Å². The van der Waals surface area contributed by atoms with E-state index in [1.165, 1.54) is 12.1 Å². The Balaban J connectivity index is 2.59. The number of carbonyl (C=O) groups excluding carboxylic acids is 1. The van der Waals surface area contributed by atoms with Gasteiger partial charge >= 0.3 is 0 Å². The molecule has 0 atom stereocenters. The number of hydrogen-bond donors (Lipinski definition) is 0. The van der Waals surface area contributed by atoms with Gasteiger partial charge in [0.05, 0.1) is 10.0 Å². The first-order valence-corrected chi connectivity index (χ1v) is 7.43. The number of hydrogen-bond acceptors (Lipinski definition) is 1. The molecule has 19 heavy (non-hydrogen) atoms. The summed E-state index contributed by atoms with van der Waals surface area (Å²) in [5, 5.41) is 0. The van der Waals surface area contributed by atoms with Crippen LogP contribution in [0.15, 0.2) is 43.7 Å². The van der Waals surface area contributed by atoms with Gasteiger partial charge in [0.25, 0.3) is 0 Å². The SMILES string of the molecule is O=C(c1ccc(Br)cc1Br)c1c(F)ccc(Br)c1F. The van der Waals surface area contributed by atoms with Crippen LogP contribution >= 0.6 is 47.8 Å². The molecule has 0 N–H and O–H groups in total. The summed E-state index contributed by atoms with van der Waals surface area (Å²) in [5.74, 6) is -2.50. The van der Waals surface area contributed by atoms with E-state index in [1.54, 1.807) is 12.1 Å². The molecule has 0 amide bonds. The normalized spacial score (nSPS) is 10.6. The van der Waals surface area contributed by atoms with Crippen LogP contribution in [0.3, 0.4) is 0 Å². The molecule has 6 heteroatoms. The van der Waals surface area contributed by atoms with Crippen LogP contribution in [0.2, 0.25) is 0 Å². The molecular weight excluding hydrogens is 450 g/mol. The molecule has 0 fully saturated rings. The fourth-order valence-electron chi connectivity index (χ4n) is 1.54. The predicted molar refractivity (Wildman–Crippen MR) is 79.3 cm³/mol. The summed E-state index contributed by atoms with van der Waals surface area (Å²) in [6.45, 7) is 0. The molecule has 0 aliphatic heterocycles. The summed E-state index contributed by atoms with van der Waals surface area (Å²) < 4.78 is 28.8. The van der Waals surface area contributed by atoms with Crippen LogP contribution in [0.1, 0.15) is 15.9 Å². The van der Waals surface area contributed by atoms with Gasteiger partial charge in [-0.15, -0.1) is 0 Å². The zero-order valence-corrected chi connectivity index (χ0v) is 13.9. The molecule has 0 saturated heterocycles. The highest BCUT2D eigenvalue weighted by Crippen LogP contribution is 2.28. The topological polar surface area (TPSA) is 17.1 Å². The van der Waals surface area contributed by atoms with Crippen LogP contribution in [0, 0.1) is 11.6 Å². The molecule has 1 nitrogen and oxygen atoms in total. The third kappa shape index (κ3) is 2.95. The summed E-state index contributed by atoms with van der Waals surface area (Å²) in [6.07, 6.45) is 0. The Bertz CT molecular complexity index is 671. The maximum Gasteiger partial charge on any atom is 0.200 e. The van der Waals surface area contributed by atoms with Gasteiger partial charge in [-0.2, -0.15) is 0 Å². The summed E-state index contributed by atoms with van der Waals surface area (Å²) in [4.78, 5) is 12.2. The third-order valence-electron chi connectivity index (χ3n) is 2.45. The minimum Gasteiger partial charge on any atom is -0.288 e. The minimum absolute atomic E-state index is 0.0467. The predicted octanol–water partition coefficient (Wildman–Crippen LogP) is 5.48. The summed E-state index contributed by atoms with van der Waals surface area (Å²) in [5.41, 5.74) is -0.378. The zero-order chi connectivity index (χ0) is 14.2.